The van der Waals surface area contributed by atoms with Gasteiger partial charge in [-0.15, -0.1) is 0 Å². The van der Waals surface area contributed by atoms with Gasteiger partial charge in [-0.05, 0) is 24.3 Å². The predicted octanol–water partition coefficient (Wildman–Crippen LogP) is 2.55. The van der Waals surface area contributed by atoms with Crippen LogP contribution in [0.1, 0.15) is 15.9 Å². The number of carbonyl (C=O) groups is 1. The fourth-order valence-corrected chi connectivity index (χ4v) is 1.56. The number of phenols is 2. The minimum Gasteiger partial charge on any atom is -0.504 e. The van der Waals surface area contributed by atoms with Gasteiger partial charge in [-0.2, -0.15) is 0 Å². The molecule has 96 valence electrons. The number of para-hydroxylation sites is 2. The van der Waals surface area contributed by atoms with Crippen LogP contribution in [0.2, 0.25) is 0 Å². The molecule has 0 heterocycles. The molecule has 0 aliphatic rings. The Kier molecular flexibility index (Phi) is 3.47. The fraction of sp³-hybridized carbons (Fsp3) is 0. The molecule has 0 atom stereocenters. The first-order valence-corrected chi connectivity index (χ1v) is 5.47. The summed E-state index contributed by atoms with van der Waals surface area (Å²) < 4.78 is 0. The van der Waals surface area contributed by atoms with E-state index >= 15 is 0 Å². The first-order chi connectivity index (χ1) is 9.09. The van der Waals surface area contributed by atoms with E-state index in [4.69, 9.17) is 5.11 Å². The lowest BCUT2D eigenvalue weighted by atomic mass is 10.1. The van der Waals surface area contributed by atoms with Crippen LogP contribution in [0.15, 0.2) is 47.5 Å². The quantitative estimate of drug-likeness (QED) is 0.582. The van der Waals surface area contributed by atoms with E-state index in [-0.39, 0.29) is 22.7 Å². The number of phenolic OH excluding ortho intramolecular Hbond substituents is 2. The van der Waals surface area contributed by atoms with Crippen molar-refractivity contribution in [3.63, 3.8) is 0 Å². The number of hydrogen-bond donors (Lipinski definition) is 3. The summed E-state index contributed by atoms with van der Waals surface area (Å²) in [5.41, 5.74) is 0.649. The lowest BCUT2D eigenvalue weighted by molar-refractivity contribution is 0.0698. The Hall–Kier alpha value is -2.82. The van der Waals surface area contributed by atoms with Crippen LogP contribution in [-0.2, 0) is 0 Å². The molecule has 0 spiro atoms. The Morgan fingerprint density at radius 1 is 1.05 bits per heavy atom. The van der Waals surface area contributed by atoms with Gasteiger partial charge in [0.1, 0.15) is 0 Å². The first kappa shape index (κ1) is 12.6. The van der Waals surface area contributed by atoms with Gasteiger partial charge in [-0.3, -0.25) is 4.99 Å². The molecule has 0 aromatic heterocycles. The molecule has 0 amide bonds. The van der Waals surface area contributed by atoms with Crippen molar-refractivity contribution in [1.82, 2.24) is 0 Å². The molecular formula is C14H11NO4. The molecule has 5 nitrogen and oxygen atoms in total. The highest BCUT2D eigenvalue weighted by atomic mass is 16.4. The molecule has 0 unspecified atom stereocenters. The van der Waals surface area contributed by atoms with Crippen molar-refractivity contribution >= 4 is 17.9 Å². The van der Waals surface area contributed by atoms with Crippen molar-refractivity contribution < 1.29 is 20.1 Å². The minimum absolute atomic E-state index is 0.0680. The maximum Gasteiger partial charge on any atom is 0.337 e. The van der Waals surface area contributed by atoms with Crippen LogP contribution in [-0.4, -0.2) is 27.5 Å². The van der Waals surface area contributed by atoms with E-state index < -0.39 is 5.97 Å². The van der Waals surface area contributed by atoms with Gasteiger partial charge in [-0.25, -0.2) is 4.79 Å². The number of rotatable bonds is 3. The van der Waals surface area contributed by atoms with Crippen LogP contribution in [0.3, 0.4) is 0 Å². The van der Waals surface area contributed by atoms with Crippen molar-refractivity contribution in [2.24, 2.45) is 4.99 Å². The fourth-order valence-electron chi connectivity index (χ4n) is 1.56. The SMILES string of the molecule is O=C(O)c1ccccc1N=Cc1cccc(O)c1O. The maximum atomic E-state index is 11.0. The van der Waals surface area contributed by atoms with E-state index in [1.165, 1.54) is 18.3 Å². The molecule has 3 N–H and O–H groups in total. The molecule has 0 aliphatic heterocycles. The number of aromatic carboxylic acids is 1. The van der Waals surface area contributed by atoms with Crippen LogP contribution in [0.25, 0.3) is 0 Å². The molecule has 19 heavy (non-hydrogen) atoms. The molecule has 0 saturated carbocycles. The van der Waals surface area contributed by atoms with Gasteiger partial charge < -0.3 is 15.3 Å². The summed E-state index contributed by atoms with van der Waals surface area (Å²) in [6.07, 6.45) is 1.30. The number of aliphatic imine (C=N–C) groups is 1. The van der Waals surface area contributed by atoms with Crippen LogP contribution in [0, 0.1) is 0 Å². The molecule has 5 heteroatoms. The van der Waals surface area contributed by atoms with Crippen LogP contribution >= 0.6 is 0 Å². The smallest absolute Gasteiger partial charge is 0.337 e. The summed E-state index contributed by atoms with van der Waals surface area (Å²) in [5, 5.41) is 27.9. The standard InChI is InChI=1S/C14H11NO4/c16-12-7-3-4-9(13(12)17)8-15-11-6-2-1-5-10(11)14(18)19/h1-8,16-17H,(H,18,19). The summed E-state index contributed by atoms with van der Waals surface area (Å²) in [5.74, 6) is -1.62. The molecule has 0 saturated heterocycles. The summed E-state index contributed by atoms with van der Waals surface area (Å²) in [7, 11) is 0. The van der Waals surface area contributed by atoms with E-state index in [0.717, 1.165) is 0 Å². The van der Waals surface area contributed by atoms with Gasteiger partial charge in [0.25, 0.3) is 0 Å². The lowest BCUT2D eigenvalue weighted by Crippen LogP contribution is -1.96. The van der Waals surface area contributed by atoms with Gasteiger partial charge >= 0.3 is 5.97 Å². The summed E-state index contributed by atoms with van der Waals surface area (Å²) in [6, 6.07) is 10.7. The Bertz CT molecular complexity index is 650. The van der Waals surface area contributed by atoms with Gasteiger partial charge in [0.15, 0.2) is 11.5 Å². The van der Waals surface area contributed by atoms with Crippen LogP contribution in [0.4, 0.5) is 5.69 Å². The topological polar surface area (TPSA) is 90.1 Å². The van der Waals surface area contributed by atoms with Gasteiger partial charge in [-0.1, -0.05) is 18.2 Å². The predicted molar refractivity (Wildman–Crippen MR) is 70.4 cm³/mol. The second-order valence-electron chi connectivity index (χ2n) is 3.80. The summed E-state index contributed by atoms with van der Waals surface area (Å²) >= 11 is 0. The maximum absolute atomic E-state index is 11.0. The molecule has 2 rings (SSSR count). The van der Waals surface area contributed by atoms with Crippen molar-refractivity contribution in [2.75, 3.05) is 0 Å². The Labute approximate surface area is 109 Å². The van der Waals surface area contributed by atoms with E-state index in [2.05, 4.69) is 4.99 Å². The number of benzene rings is 2. The van der Waals surface area contributed by atoms with E-state index in [1.54, 1.807) is 30.3 Å². The monoisotopic (exact) mass is 257 g/mol. The van der Waals surface area contributed by atoms with Crippen molar-refractivity contribution in [3.05, 3.63) is 53.6 Å². The van der Waals surface area contributed by atoms with Crippen LogP contribution in [0.5, 0.6) is 11.5 Å². The van der Waals surface area contributed by atoms with E-state index in [1.807, 2.05) is 0 Å². The molecule has 2 aromatic carbocycles. The highest BCUT2D eigenvalue weighted by Crippen LogP contribution is 2.27. The first-order valence-electron chi connectivity index (χ1n) is 5.47. The highest BCUT2D eigenvalue weighted by molar-refractivity contribution is 5.95. The van der Waals surface area contributed by atoms with Gasteiger partial charge in [0.2, 0.25) is 0 Å². The van der Waals surface area contributed by atoms with E-state index in [9.17, 15) is 15.0 Å². The van der Waals surface area contributed by atoms with Crippen molar-refractivity contribution in [3.8, 4) is 11.5 Å². The summed E-state index contributed by atoms with van der Waals surface area (Å²) in [6.45, 7) is 0. The molecular weight excluding hydrogens is 246 g/mol. The summed E-state index contributed by atoms with van der Waals surface area (Å²) in [4.78, 5) is 15.0. The van der Waals surface area contributed by atoms with Crippen LogP contribution < -0.4 is 0 Å². The third kappa shape index (κ3) is 2.71. The van der Waals surface area contributed by atoms with Crippen molar-refractivity contribution in [1.29, 1.82) is 0 Å². The minimum atomic E-state index is -1.08. The number of carboxylic acids is 1. The molecule has 2 aromatic rings. The molecule has 0 aliphatic carbocycles. The lowest BCUT2D eigenvalue weighted by Gasteiger charge is -2.02. The average molecular weight is 257 g/mol. The Morgan fingerprint density at radius 2 is 1.79 bits per heavy atom. The molecule has 0 bridgehead atoms. The Morgan fingerprint density at radius 3 is 2.53 bits per heavy atom. The normalized spacial score (nSPS) is 10.7. The Balaban J connectivity index is 2.38. The zero-order chi connectivity index (χ0) is 13.8. The third-order valence-electron chi connectivity index (χ3n) is 2.52. The van der Waals surface area contributed by atoms with Crippen molar-refractivity contribution in [2.45, 2.75) is 0 Å². The third-order valence-corrected chi connectivity index (χ3v) is 2.52. The number of carboxylic acid groups (broad SMARTS) is 1. The second-order valence-corrected chi connectivity index (χ2v) is 3.80. The van der Waals surface area contributed by atoms with E-state index in [0.29, 0.717) is 5.56 Å². The number of hydrogen-bond acceptors (Lipinski definition) is 4. The zero-order valence-electron chi connectivity index (χ0n) is 9.82. The van der Waals surface area contributed by atoms with Gasteiger partial charge in [0, 0.05) is 11.8 Å². The molecule has 0 radical (unpaired) electrons. The largest absolute Gasteiger partial charge is 0.504 e. The number of nitrogens with zero attached hydrogens (tertiary/aromatic N) is 1. The average Bonchev–Trinajstić information content (AvgIpc) is 2.40. The molecule has 0 fully saturated rings. The number of aromatic hydroxyl groups is 2. The highest BCUT2D eigenvalue weighted by Gasteiger charge is 2.08. The zero-order valence-corrected chi connectivity index (χ0v) is 9.82. The second kappa shape index (κ2) is 5.22. The van der Waals surface area contributed by atoms with Gasteiger partial charge in [0.05, 0.1) is 11.3 Å².